The lowest BCUT2D eigenvalue weighted by Crippen LogP contribution is -2.36. The van der Waals surface area contributed by atoms with Gasteiger partial charge in [-0.05, 0) is 36.2 Å². The van der Waals surface area contributed by atoms with Crippen LogP contribution in [0.25, 0.3) is 0 Å². The lowest BCUT2D eigenvalue weighted by Gasteiger charge is -2.16. The van der Waals surface area contributed by atoms with Crippen LogP contribution >= 0.6 is 11.6 Å². The first kappa shape index (κ1) is 18.1. The van der Waals surface area contributed by atoms with Crippen molar-refractivity contribution in [2.24, 2.45) is 0 Å². The number of aromatic nitrogens is 1. The average molecular weight is 358 g/mol. The summed E-state index contributed by atoms with van der Waals surface area (Å²) >= 11 is 5.66. The van der Waals surface area contributed by atoms with Crippen LogP contribution in [-0.4, -0.2) is 11.0 Å². The Balaban J connectivity index is 1.92. The number of amides is 2. The zero-order valence-electron chi connectivity index (χ0n) is 12.7. The lowest BCUT2D eigenvalue weighted by atomic mass is 10.1. The molecule has 1 aromatic heterocycles. The number of urea groups is 1. The van der Waals surface area contributed by atoms with Gasteiger partial charge in [0, 0.05) is 12.7 Å². The third-order valence-electron chi connectivity index (χ3n) is 3.30. The molecule has 128 valence electrons. The van der Waals surface area contributed by atoms with E-state index >= 15 is 0 Å². The van der Waals surface area contributed by atoms with Crippen molar-refractivity contribution >= 4 is 17.6 Å². The highest BCUT2D eigenvalue weighted by Gasteiger charge is 2.30. The van der Waals surface area contributed by atoms with Gasteiger partial charge in [0.05, 0.1) is 11.6 Å². The van der Waals surface area contributed by atoms with E-state index in [-0.39, 0.29) is 6.54 Å². The summed E-state index contributed by atoms with van der Waals surface area (Å²) in [6.45, 7) is 1.84. The smallest absolute Gasteiger partial charge is 0.334 e. The van der Waals surface area contributed by atoms with Gasteiger partial charge in [-0.15, -0.1) is 0 Å². The quantitative estimate of drug-likeness (QED) is 0.801. The van der Waals surface area contributed by atoms with Gasteiger partial charge in [-0.3, -0.25) is 0 Å². The average Bonchev–Trinajstić information content (AvgIpc) is 2.53. The molecule has 8 heteroatoms. The molecule has 1 atom stereocenters. The molecule has 24 heavy (non-hydrogen) atoms. The Bertz CT molecular complexity index is 704. The lowest BCUT2D eigenvalue weighted by molar-refractivity contribution is -0.137. The van der Waals surface area contributed by atoms with Crippen LogP contribution in [0, 0.1) is 0 Å². The third-order valence-corrected chi connectivity index (χ3v) is 3.53. The highest BCUT2D eigenvalue weighted by atomic mass is 35.5. The second-order valence-corrected chi connectivity index (χ2v) is 5.55. The molecule has 0 spiro atoms. The Morgan fingerprint density at radius 1 is 1.29 bits per heavy atom. The van der Waals surface area contributed by atoms with Crippen molar-refractivity contribution in [2.45, 2.75) is 25.7 Å². The number of carbonyl (C=O) groups is 1. The number of benzene rings is 1. The largest absolute Gasteiger partial charge is 0.416 e. The van der Waals surface area contributed by atoms with Crippen molar-refractivity contribution in [3.8, 4) is 0 Å². The van der Waals surface area contributed by atoms with E-state index in [9.17, 15) is 18.0 Å². The molecule has 4 nitrogen and oxygen atoms in total. The number of rotatable bonds is 4. The van der Waals surface area contributed by atoms with E-state index in [0.29, 0.717) is 10.7 Å². The minimum atomic E-state index is -4.42. The normalized spacial score (nSPS) is 12.5. The van der Waals surface area contributed by atoms with Crippen LogP contribution < -0.4 is 10.6 Å². The molecule has 2 amide bonds. The Hall–Kier alpha value is -2.28. The molecule has 0 saturated carbocycles. The fraction of sp³-hybridized carbons (Fsp3) is 0.250. The van der Waals surface area contributed by atoms with Gasteiger partial charge in [0.25, 0.3) is 0 Å². The molecule has 0 bridgehead atoms. The van der Waals surface area contributed by atoms with E-state index in [1.807, 2.05) is 0 Å². The molecular weight excluding hydrogens is 343 g/mol. The van der Waals surface area contributed by atoms with Gasteiger partial charge < -0.3 is 10.6 Å². The maximum absolute atomic E-state index is 12.7. The van der Waals surface area contributed by atoms with Gasteiger partial charge in [0.2, 0.25) is 0 Å². The minimum absolute atomic E-state index is 0.227. The molecule has 2 rings (SSSR count). The molecule has 0 radical (unpaired) electrons. The number of nitrogens with one attached hydrogen (secondary N) is 2. The standard InChI is InChI=1S/C16H15ClF3N3O/c1-10(12-3-2-4-13(7-12)16(18,19)20)23-15(24)22-9-11-5-6-14(17)21-8-11/h2-8,10H,9H2,1H3,(H2,22,23,24). The van der Waals surface area contributed by atoms with Crippen LogP contribution in [0.2, 0.25) is 5.15 Å². The molecule has 2 N–H and O–H groups in total. The number of alkyl halides is 3. The molecule has 0 saturated heterocycles. The van der Waals surface area contributed by atoms with Gasteiger partial charge in [0.1, 0.15) is 5.15 Å². The topological polar surface area (TPSA) is 54.0 Å². The molecule has 1 heterocycles. The van der Waals surface area contributed by atoms with Crippen LogP contribution in [-0.2, 0) is 12.7 Å². The third kappa shape index (κ3) is 5.13. The second kappa shape index (κ2) is 7.53. The summed E-state index contributed by atoms with van der Waals surface area (Å²) in [5.74, 6) is 0. The van der Waals surface area contributed by atoms with E-state index in [1.54, 1.807) is 19.1 Å². The van der Waals surface area contributed by atoms with Crippen molar-refractivity contribution in [1.29, 1.82) is 0 Å². The zero-order valence-corrected chi connectivity index (χ0v) is 13.4. The van der Waals surface area contributed by atoms with E-state index < -0.39 is 23.8 Å². The monoisotopic (exact) mass is 357 g/mol. The number of nitrogens with zero attached hydrogens (tertiary/aromatic N) is 1. The van der Waals surface area contributed by atoms with Gasteiger partial charge in [-0.2, -0.15) is 13.2 Å². The molecule has 2 aromatic rings. The highest BCUT2D eigenvalue weighted by Crippen LogP contribution is 2.30. The molecular formula is C16H15ClF3N3O. The van der Waals surface area contributed by atoms with Crippen molar-refractivity contribution < 1.29 is 18.0 Å². The van der Waals surface area contributed by atoms with Crippen molar-refractivity contribution in [1.82, 2.24) is 15.6 Å². The highest BCUT2D eigenvalue weighted by molar-refractivity contribution is 6.29. The molecule has 0 fully saturated rings. The molecule has 1 unspecified atom stereocenters. The predicted octanol–water partition coefficient (Wildman–Crippen LogP) is 4.31. The van der Waals surface area contributed by atoms with Crippen LogP contribution in [0.4, 0.5) is 18.0 Å². The van der Waals surface area contributed by atoms with Crippen molar-refractivity contribution in [2.75, 3.05) is 0 Å². The molecule has 0 aliphatic heterocycles. The summed E-state index contributed by atoms with van der Waals surface area (Å²) in [5.41, 5.74) is 0.371. The van der Waals surface area contributed by atoms with Gasteiger partial charge in [-0.1, -0.05) is 29.8 Å². The number of hydrogen-bond acceptors (Lipinski definition) is 2. The number of carbonyl (C=O) groups excluding carboxylic acids is 1. The van der Waals surface area contributed by atoms with Crippen molar-refractivity contribution in [3.63, 3.8) is 0 Å². The second-order valence-electron chi connectivity index (χ2n) is 5.16. The number of hydrogen-bond donors (Lipinski definition) is 2. The SMILES string of the molecule is CC(NC(=O)NCc1ccc(Cl)nc1)c1cccc(C(F)(F)F)c1. The summed E-state index contributed by atoms with van der Waals surface area (Å²) < 4.78 is 38.1. The summed E-state index contributed by atoms with van der Waals surface area (Å²) in [6.07, 6.45) is -2.89. The fourth-order valence-corrected chi connectivity index (χ4v) is 2.12. The maximum atomic E-state index is 12.7. The zero-order chi connectivity index (χ0) is 17.7. The first-order valence-electron chi connectivity index (χ1n) is 7.07. The van der Waals surface area contributed by atoms with E-state index in [4.69, 9.17) is 11.6 Å². The van der Waals surface area contributed by atoms with Crippen LogP contribution in [0.1, 0.15) is 29.7 Å². The fourth-order valence-electron chi connectivity index (χ4n) is 2.01. The van der Waals surface area contributed by atoms with E-state index in [0.717, 1.165) is 17.7 Å². The number of halogens is 4. The van der Waals surface area contributed by atoms with Crippen LogP contribution in [0.3, 0.4) is 0 Å². The van der Waals surface area contributed by atoms with Gasteiger partial charge in [-0.25, -0.2) is 9.78 Å². The Kier molecular flexibility index (Phi) is 5.66. The van der Waals surface area contributed by atoms with E-state index in [2.05, 4.69) is 15.6 Å². The summed E-state index contributed by atoms with van der Waals surface area (Å²) in [4.78, 5) is 15.7. The first-order chi connectivity index (χ1) is 11.3. The molecule has 0 aliphatic carbocycles. The predicted molar refractivity (Wildman–Crippen MR) is 84.5 cm³/mol. The van der Waals surface area contributed by atoms with Gasteiger partial charge >= 0.3 is 12.2 Å². The molecule has 0 aliphatic rings. The Labute approximate surface area is 142 Å². The summed E-state index contributed by atoms with van der Waals surface area (Å²) in [7, 11) is 0. The Morgan fingerprint density at radius 2 is 2.04 bits per heavy atom. The molecule has 1 aromatic carbocycles. The van der Waals surface area contributed by atoms with Crippen LogP contribution in [0.5, 0.6) is 0 Å². The first-order valence-corrected chi connectivity index (χ1v) is 7.45. The van der Waals surface area contributed by atoms with E-state index in [1.165, 1.54) is 18.3 Å². The minimum Gasteiger partial charge on any atom is -0.334 e. The van der Waals surface area contributed by atoms with Crippen LogP contribution in [0.15, 0.2) is 42.6 Å². The maximum Gasteiger partial charge on any atom is 0.416 e. The Morgan fingerprint density at radius 3 is 2.67 bits per heavy atom. The summed E-state index contributed by atoms with van der Waals surface area (Å²) in [6, 6.07) is 7.10. The summed E-state index contributed by atoms with van der Waals surface area (Å²) in [5, 5.41) is 5.55. The van der Waals surface area contributed by atoms with Gasteiger partial charge in [0.15, 0.2) is 0 Å². The number of pyridine rings is 1. The van der Waals surface area contributed by atoms with Crippen molar-refractivity contribution in [3.05, 3.63) is 64.4 Å².